The number of nitrogens with one attached hydrogen (secondary N) is 1. The van der Waals surface area contributed by atoms with E-state index >= 15 is 0 Å². The Morgan fingerprint density at radius 2 is 2.16 bits per heavy atom. The molecule has 0 bridgehead atoms. The zero-order valence-electron chi connectivity index (χ0n) is 10.6. The van der Waals surface area contributed by atoms with E-state index in [2.05, 4.69) is 15.3 Å². The van der Waals surface area contributed by atoms with Crippen molar-refractivity contribution in [2.75, 3.05) is 18.5 Å². The van der Waals surface area contributed by atoms with Crippen molar-refractivity contribution in [2.24, 2.45) is 11.0 Å². The number of benzene rings is 1. The number of rotatable bonds is 4. The normalized spacial score (nSPS) is 15.6. The lowest BCUT2D eigenvalue weighted by atomic mass is 9.96. The van der Waals surface area contributed by atoms with Crippen LogP contribution >= 0.6 is 0 Å². The molecule has 0 saturated carbocycles. The highest BCUT2D eigenvalue weighted by molar-refractivity contribution is 5.93. The van der Waals surface area contributed by atoms with Gasteiger partial charge in [0.2, 0.25) is 5.91 Å². The number of nitrogens with zero attached hydrogens (tertiary/aromatic N) is 3. The quantitative estimate of drug-likeness (QED) is 0.511. The lowest BCUT2D eigenvalue weighted by molar-refractivity contribution is -0.117. The topological polar surface area (TPSA) is 87.1 Å². The summed E-state index contributed by atoms with van der Waals surface area (Å²) in [5.41, 5.74) is 9.46. The van der Waals surface area contributed by atoms with Crippen molar-refractivity contribution < 1.29 is 9.53 Å². The largest absolute Gasteiger partial charge is 0.381 e. The molecular weight excluding hydrogens is 244 g/mol. The van der Waals surface area contributed by atoms with Gasteiger partial charge in [-0.15, -0.1) is 0 Å². The highest BCUT2D eigenvalue weighted by atomic mass is 16.5. The third-order valence-corrected chi connectivity index (χ3v) is 3.15. The summed E-state index contributed by atoms with van der Waals surface area (Å²) < 4.78 is 5.26. The highest BCUT2D eigenvalue weighted by Crippen LogP contribution is 2.25. The molecule has 0 aromatic heterocycles. The molecule has 6 heteroatoms. The second kappa shape index (κ2) is 6.78. The van der Waals surface area contributed by atoms with Gasteiger partial charge in [0, 0.05) is 24.5 Å². The Morgan fingerprint density at radius 3 is 2.89 bits per heavy atom. The minimum atomic E-state index is -0.0486. The van der Waals surface area contributed by atoms with Crippen LogP contribution in [0.5, 0.6) is 0 Å². The number of carbonyl (C=O) groups excluding carboxylic acids is 1. The molecule has 0 radical (unpaired) electrons. The van der Waals surface area contributed by atoms with Gasteiger partial charge in [-0.1, -0.05) is 23.3 Å². The van der Waals surface area contributed by atoms with E-state index < -0.39 is 0 Å². The number of carbonyl (C=O) groups is 1. The van der Waals surface area contributed by atoms with Crippen LogP contribution in [0.15, 0.2) is 29.4 Å². The van der Waals surface area contributed by atoms with E-state index in [-0.39, 0.29) is 5.91 Å². The summed E-state index contributed by atoms with van der Waals surface area (Å²) >= 11 is 0. The van der Waals surface area contributed by atoms with Gasteiger partial charge in [-0.25, -0.2) is 0 Å². The smallest absolute Gasteiger partial charge is 0.224 e. The number of amides is 1. The van der Waals surface area contributed by atoms with Gasteiger partial charge in [-0.3, -0.25) is 4.79 Å². The van der Waals surface area contributed by atoms with Crippen molar-refractivity contribution in [1.82, 2.24) is 0 Å². The van der Waals surface area contributed by atoms with Gasteiger partial charge in [0.25, 0.3) is 0 Å². The van der Waals surface area contributed by atoms with Crippen molar-refractivity contribution in [2.45, 2.75) is 19.3 Å². The van der Waals surface area contributed by atoms with Crippen LogP contribution in [-0.2, 0) is 9.53 Å². The third kappa shape index (κ3) is 3.98. The summed E-state index contributed by atoms with van der Waals surface area (Å²) in [5, 5.41) is 6.35. The molecule has 2 rings (SSSR count). The molecule has 0 aliphatic carbocycles. The van der Waals surface area contributed by atoms with Gasteiger partial charge in [0.1, 0.15) is 0 Å². The molecule has 1 aromatic rings. The van der Waals surface area contributed by atoms with Crippen molar-refractivity contribution in [1.29, 1.82) is 0 Å². The minimum Gasteiger partial charge on any atom is -0.381 e. The lowest BCUT2D eigenvalue weighted by Crippen LogP contribution is -2.22. The molecule has 1 amide bonds. The van der Waals surface area contributed by atoms with E-state index in [1.54, 1.807) is 24.3 Å². The van der Waals surface area contributed by atoms with E-state index in [0.29, 0.717) is 23.7 Å². The molecule has 1 aliphatic heterocycles. The Morgan fingerprint density at radius 1 is 1.42 bits per heavy atom. The zero-order valence-corrected chi connectivity index (χ0v) is 10.6. The molecule has 100 valence electrons. The monoisotopic (exact) mass is 260 g/mol. The summed E-state index contributed by atoms with van der Waals surface area (Å²) in [6.07, 6.45) is 2.32. The van der Waals surface area contributed by atoms with E-state index in [4.69, 9.17) is 10.3 Å². The minimum absolute atomic E-state index is 0.0486. The van der Waals surface area contributed by atoms with Crippen molar-refractivity contribution in [3.05, 3.63) is 34.7 Å². The Balaban J connectivity index is 1.96. The molecule has 0 spiro atoms. The SMILES string of the molecule is [N-]=[N+]=Nc1ccccc1NC(=O)CC1CCOCC1. The first kappa shape index (κ1) is 13.4. The summed E-state index contributed by atoms with van der Waals surface area (Å²) in [5.74, 6) is 0.327. The molecule has 1 aromatic carbocycles. The first-order valence-electron chi connectivity index (χ1n) is 6.31. The van der Waals surface area contributed by atoms with Crippen LogP contribution in [-0.4, -0.2) is 19.1 Å². The lowest BCUT2D eigenvalue weighted by Gasteiger charge is -2.21. The highest BCUT2D eigenvalue weighted by Gasteiger charge is 2.17. The average molecular weight is 260 g/mol. The number of anilines is 1. The number of hydrogen-bond acceptors (Lipinski definition) is 3. The molecule has 0 unspecified atom stereocenters. The van der Waals surface area contributed by atoms with Gasteiger partial charge in [-0.2, -0.15) is 0 Å². The van der Waals surface area contributed by atoms with Crippen LogP contribution in [0.25, 0.3) is 10.4 Å². The van der Waals surface area contributed by atoms with Gasteiger partial charge in [0.15, 0.2) is 0 Å². The molecule has 1 aliphatic rings. The van der Waals surface area contributed by atoms with Crippen molar-refractivity contribution in [3.8, 4) is 0 Å². The molecule has 6 nitrogen and oxygen atoms in total. The predicted octanol–water partition coefficient (Wildman–Crippen LogP) is 3.38. The Kier molecular flexibility index (Phi) is 4.78. The van der Waals surface area contributed by atoms with Gasteiger partial charge >= 0.3 is 0 Å². The van der Waals surface area contributed by atoms with E-state index in [1.165, 1.54) is 0 Å². The van der Waals surface area contributed by atoms with Crippen LogP contribution in [0.1, 0.15) is 19.3 Å². The number of ether oxygens (including phenoxy) is 1. The molecule has 1 heterocycles. The van der Waals surface area contributed by atoms with Crippen LogP contribution in [0.4, 0.5) is 11.4 Å². The van der Waals surface area contributed by atoms with Crippen LogP contribution in [0.2, 0.25) is 0 Å². The number of para-hydroxylation sites is 1. The first-order chi connectivity index (χ1) is 9.29. The molecule has 1 fully saturated rings. The fraction of sp³-hybridized carbons (Fsp3) is 0.462. The van der Waals surface area contributed by atoms with Crippen molar-refractivity contribution in [3.63, 3.8) is 0 Å². The zero-order chi connectivity index (χ0) is 13.5. The maximum Gasteiger partial charge on any atom is 0.224 e. The van der Waals surface area contributed by atoms with Crippen LogP contribution in [0, 0.1) is 5.92 Å². The van der Waals surface area contributed by atoms with Crippen molar-refractivity contribution >= 4 is 17.3 Å². The molecule has 0 atom stereocenters. The fourth-order valence-electron chi connectivity index (χ4n) is 2.13. The van der Waals surface area contributed by atoms with Crippen LogP contribution < -0.4 is 5.32 Å². The summed E-state index contributed by atoms with van der Waals surface area (Å²) in [6, 6.07) is 6.95. The molecule has 1 N–H and O–H groups in total. The fourth-order valence-corrected chi connectivity index (χ4v) is 2.13. The summed E-state index contributed by atoms with van der Waals surface area (Å²) in [7, 11) is 0. The first-order valence-corrected chi connectivity index (χ1v) is 6.31. The maximum absolute atomic E-state index is 12.0. The Hall–Kier alpha value is -2.04. The number of hydrogen-bond donors (Lipinski definition) is 1. The Labute approximate surface area is 111 Å². The summed E-state index contributed by atoms with van der Waals surface area (Å²) in [6.45, 7) is 1.46. The predicted molar refractivity (Wildman–Crippen MR) is 72.0 cm³/mol. The average Bonchev–Trinajstić information content (AvgIpc) is 2.42. The number of azide groups is 1. The van der Waals surface area contributed by atoms with E-state index in [1.807, 2.05) is 0 Å². The molecule has 1 saturated heterocycles. The standard InChI is InChI=1S/C13H16N4O2/c14-17-16-12-4-2-1-3-11(12)15-13(18)9-10-5-7-19-8-6-10/h1-4,10H,5-9H2,(H,15,18). The van der Waals surface area contributed by atoms with Gasteiger partial charge < -0.3 is 10.1 Å². The van der Waals surface area contributed by atoms with Gasteiger partial charge in [0.05, 0.1) is 11.4 Å². The van der Waals surface area contributed by atoms with Gasteiger partial charge in [-0.05, 0) is 30.4 Å². The van der Waals surface area contributed by atoms with Crippen LogP contribution in [0.3, 0.4) is 0 Å². The maximum atomic E-state index is 12.0. The Bertz CT molecular complexity index is 491. The third-order valence-electron chi connectivity index (χ3n) is 3.15. The molecule has 19 heavy (non-hydrogen) atoms. The molecular formula is C13H16N4O2. The second-order valence-corrected chi connectivity index (χ2v) is 4.51. The van der Waals surface area contributed by atoms with E-state index in [9.17, 15) is 4.79 Å². The second-order valence-electron chi connectivity index (χ2n) is 4.51. The summed E-state index contributed by atoms with van der Waals surface area (Å²) in [4.78, 5) is 14.7. The van der Waals surface area contributed by atoms with E-state index in [0.717, 1.165) is 26.1 Å².